The molecule has 0 aliphatic rings. The molecule has 0 atom stereocenters. The molecule has 0 aliphatic heterocycles. The molecule has 58 valence electrons. The summed E-state index contributed by atoms with van der Waals surface area (Å²) in [6.07, 6.45) is 3.57. The molecular weight excluding hydrogens is 126 g/mol. The maximum atomic E-state index is 3.82. The maximum Gasteiger partial charge on any atom is 0.0692 e. The summed E-state index contributed by atoms with van der Waals surface area (Å²) < 4.78 is 1.84. The van der Waals surface area contributed by atoms with Crippen LogP contribution in [0.25, 0.3) is 0 Å². The Morgan fingerprint density at radius 1 is 1.50 bits per heavy atom. The van der Waals surface area contributed by atoms with Crippen molar-refractivity contribution in [3.63, 3.8) is 0 Å². The van der Waals surface area contributed by atoms with Crippen LogP contribution in [0.3, 0.4) is 0 Å². The second kappa shape index (κ2) is 4.04. The average molecular weight is 141 g/mol. The van der Waals surface area contributed by atoms with Gasteiger partial charge in [0.05, 0.1) is 6.20 Å². The van der Waals surface area contributed by atoms with E-state index < -0.39 is 0 Å². The summed E-state index contributed by atoms with van der Waals surface area (Å²) in [4.78, 5) is 0. The topological polar surface area (TPSA) is 30.7 Å². The van der Waals surface area contributed by atoms with Crippen molar-refractivity contribution in [1.29, 1.82) is 0 Å². The molecule has 0 saturated carbocycles. The van der Waals surface area contributed by atoms with Crippen LogP contribution in [0.1, 0.15) is 21.3 Å². The molecule has 3 nitrogen and oxygen atoms in total. The number of hydrogen-bond donors (Lipinski definition) is 0. The first-order chi connectivity index (χ1) is 4.29. The molecule has 0 spiro atoms. The van der Waals surface area contributed by atoms with Crippen LogP contribution in [0.4, 0.5) is 0 Å². The molecule has 0 aromatic carbocycles. The van der Waals surface area contributed by atoms with Gasteiger partial charge in [-0.1, -0.05) is 26.5 Å². The lowest BCUT2D eigenvalue weighted by Gasteiger charge is -2.01. The highest BCUT2D eigenvalue weighted by Gasteiger charge is 1.93. The molecule has 0 bridgehead atoms. The maximum absolute atomic E-state index is 3.82. The Morgan fingerprint density at radius 3 is 2.60 bits per heavy atom. The summed E-state index contributed by atoms with van der Waals surface area (Å²) in [5.74, 6) is 0.645. The molecule has 0 unspecified atom stereocenters. The highest BCUT2D eigenvalue weighted by molar-refractivity contribution is 4.64. The van der Waals surface area contributed by atoms with Crippen molar-refractivity contribution in [3.05, 3.63) is 12.4 Å². The summed E-state index contributed by atoms with van der Waals surface area (Å²) in [5, 5.41) is 7.51. The Hall–Kier alpha value is -0.860. The first kappa shape index (κ1) is 9.14. The van der Waals surface area contributed by atoms with Crippen LogP contribution in [-0.2, 0) is 6.54 Å². The summed E-state index contributed by atoms with van der Waals surface area (Å²) in [7, 11) is 0. The van der Waals surface area contributed by atoms with Crippen LogP contribution >= 0.6 is 0 Å². The molecule has 0 aliphatic carbocycles. The van der Waals surface area contributed by atoms with E-state index in [1.807, 2.05) is 10.9 Å². The van der Waals surface area contributed by atoms with Crippen molar-refractivity contribution in [2.75, 3.05) is 0 Å². The number of rotatable bonds is 2. The zero-order valence-corrected chi connectivity index (χ0v) is 5.78. The van der Waals surface area contributed by atoms with Crippen LogP contribution in [0.2, 0.25) is 0 Å². The molecule has 0 amide bonds. The average Bonchev–Trinajstić information content (AvgIpc) is 2.15. The van der Waals surface area contributed by atoms with Gasteiger partial charge in [-0.15, -0.1) is 5.10 Å². The van der Waals surface area contributed by atoms with E-state index in [2.05, 4.69) is 24.2 Å². The van der Waals surface area contributed by atoms with Gasteiger partial charge < -0.3 is 0 Å². The minimum atomic E-state index is 0. The zero-order chi connectivity index (χ0) is 6.69. The summed E-state index contributed by atoms with van der Waals surface area (Å²) in [6.45, 7) is 5.27. The summed E-state index contributed by atoms with van der Waals surface area (Å²) >= 11 is 0. The molecule has 0 N–H and O–H groups in total. The SMILES string of the molecule is C.CC(C)Cn1ccnn1. The third-order valence-corrected chi connectivity index (χ3v) is 1.02. The predicted molar refractivity (Wildman–Crippen MR) is 41.6 cm³/mol. The van der Waals surface area contributed by atoms with Crippen LogP contribution in [0.5, 0.6) is 0 Å². The summed E-state index contributed by atoms with van der Waals surface area (Å²) in [6, 6.07) is 0. The molecule has 3 heteroatoms. The van der Waals surface area contributed by atoms with Gasteiger partial charge in [-0.3, -0.25) is 4.68 Å². The van der Waals surface area contributed by atoms with Crippen molar-refractivity contribution in [3.8, 4) is 0 Å². The fourth-order valence-corrected chi connectivity index (χ4v) is 0.704. The Labute approximate surface area is 62.1 Å². The first-order valence-corrected chi connectivity index (χ1v) is 3.13. The smallest absolute Gasteiger partial charge is 0.0692 e. The van der Waals surface area contributed by atoms with Gasteiger partial charge in [0.1, 0.15) is 0 Å². The molecule has 1 aromatic heterocycles. The number of aromatic nitrogens is 3. The lowest BCUT2D eigenvalue weighted by atomic mass is 10.2. The normalized spacial score (nSPS) is 9.50. The van der Waals surface area contributed by atoms with Crippen molar-refractivity contribution in [2.45, 2.75) is 27.8 Å². The largest absolute Gasteiger partial charge is 0.252 e. The van der Waals surface area contributed by atoms with Gasteiger partial charge in [-0.25, -0.2) is 0 Å². The van der Waals surface area contributed by atoms with Gasteiger partial charge in [0.15, 0.2) is 0 Å². The summed E-state index contributed by atoms with van der Waals surface area (Å²) in [5.41, 5.74) is 0. The van der Waals surface area contributed by atoms with E-state index in [0.29, 0.717) is 5.92 Å². The van der Waals surface area contributed by atoms with Gasteiger partial charge in [-0.05, 0) is 5.92 Å². The molecule has 1 heterocycles. The van der Waals surface area contributed by atoms with E-state index in [4.69, 9.17) is 0 Å². The van der Waals surface area contributed by atoms with Gasteiger partial charge in [-0.2, -0.15) is 0 Å². The molecular formula is C7H15N3. The fourth-order valence-electron chi connectivity index (χ4n) is 0.704. The Balaban J connectivity index is 0.000000810. The molecule has 0 saturated heterocycles. The first-order valence-electron chi connectivity index (χ1n) is 3.13. The predicted octanol–water partition coefficient (Wildman–Crippen LogP) is 1.57. The van der Waals surface area contributed by atoms with Gasteiger partial charge >= 0.3 is 0 Å². The highest BCUT2D eigenvalue weighted by Crippen LogP contribution is 1.94. The van der Waals surface area contributed by atoms with Gasteiger partial charge in [0, 0.05) is 12.7 Å². The zero-order valence-electron chi connectivity index (χ0n) is 5.78. The van der Waals surface area contributed by atoms with E-state index in [0.717, 1.165) is 6.54 Å². The minimum Gasteiger partial charge on any atom is -0.252 e. The van der Waals surface area contributed by atoms with E-state index in [-0.39, 0.29) is 7.43 Å². The molecule has 0 fully saturated rings. The van der Waals surface area contributed by atoms with Gasteiger partial charge in [0.25, 0.3) is 0 Å². The molecule has 10 heavy (non-hydrogen) atoms. The van der Waals surface area contributed by atoms with Crippen molar-refractivity contribution >= 4 is 0 Å². The second-order valence-corrected chi connectivity index (χ2v) is 2.52. The highest BCUT2D eigenvalue weighted by atomic mass is 15.4. The monoisotopic (exact) mass is 141 g/mol. The fraction of sp³-hybridized carbons (Fsp3) is 0.714. The Morgan fingerprint density at radius 2 is 2.20 bits per heavy atom. The van der Waals surface area contributed by atoms with E-state index in [1.54, 1.807) is 6.20 Å². The second-order valence-electron chi connectivity index (χ2n) is 2.52. The molecule has 1 aromatic rings. The van der Waals surface area contributed by atoms with Crippen molar-refractivity contribution in [2.24, 2.45) is 5.92 Å². The number of nitrogens with zero attached hydrogens (tertiary/aromatic N) is 3. The lowest BCUT2D eigenvalue weighted by molar-refractivity contribution is 0.472. The third kappa shape index (κ3) is 2.62. The van der Waals surface area contributed by atoms with Gasteiger partial charge in [0.2, 0.25) is 0 Å². The quantitative estimate of drug-likeness (QED) is 0.626. The molecule has 0 radical (unpaired) electrons. The lowest BCUT2D eigenvalue weighted by Crippen LogP contribution is -2.04. The van der Waals surface area contributed by atoms with Crippen LogP contribution in [0.15, 0.2) is 12.4 Å². The van der Waals surface area contributed by atoms with E-state index >= 15 is 0 Å². The minimum absolute atomic E-state index is 0. The van der Waals surface area contributed by atoms with E-state index in [9.17, 15) is 0 Å². The third-order valence-electron chi connectivity index (χ3n) is 1.02. The number of hydrogen-bond acceptors (Lipinski definition) is 2. The molecule has 1 rings (SSSR count). The van der Waals surface area contributed by atoms with Crippen LogP contribution in [0, 0.1) is 5.92 Å². The van der Waals surface area contributed by atoms with Crippen molar-refractivity contribution in [1.82, 2.24) is 15.0 Å². The van der Waals surface area contributed by atoms with Crippen LogP contribution in [-0.4, -0.2) is 15.0 Å². The van der Waals surface area contributed by atoms with E-state index in [1.165, 1.54) is 0 Å². The van der Waals surface area contributed by atoms with Crippen molar-refractivity contribution < 1.29 is 0 Å². The standard InChI is InChI=1S/C6H11N3.CH4/c1-6(2)5-9-4-3-7-8-9;/h3-4,6H,5H2,1-2H3;1H4. The van der Waals surface area contributed by atoms with Crippen LogP contribution < -0.4 is 0 Å². The Bertz CT molecular complexity index is 155. The Kier molecular flexibility index (Phi) is 3.69.